The maximum absolute atomic E-state index is 4.28. The van der Waals surface area contributed by atoms with Gasteiger partial charge in [-0.1, -0.05) is 53.4 Å². The number of nitrogens with one attached hydrogen (secondary N) is 1. The van der Waals surface area contributed by atoms with Crippen LogP contribution in [0.3, 0.4) is 0 Å². The maximum Gasteiger partial charge on any atom is 0.0326 e. The Morgan fingerprint density at radius 1 is 1.20 bits per heavy atom. The van der Waals surface area contributed by atoms with E-state index in [4.69, 9.17) is 0 Å². The van der Waals surface area contributed by atoms with Gasteiger partial charge in [0.15, 0.2) is 0 Å². The Morgan fingerprint density at radius 2 is 2.00 bits per heavy atom. The first-order chi connectivity index (χ1) is 9.76. The van der Waals surface area contributed by atoms with Crippen LogP contribution in [0.5, 0.6) is 0 Å². The van der Waals surface area contributed by atoms with Gasteiger partial charge in [0.2, 0.25) is 0 Å². The van der Waals surface area contributed by atoms with E-state index in [2.05, 4.69) is 44.1 Å². The van der Waals surface area contributed by atoms with Crippen LogP contribution in [0.2, 0.25) is 0 Å². The highest BCUT2D eigenvalue weighted by molar-refractivity contribution is 5.26. The van der Waals surface area contributed by atoms with Gasteiger partial charge in [-0.05, 0) is 42.5 Å². The fourth-order valence-electron chi connectivity index (χ4n) is 2.95. The van der Waals surface area contributed by atoms with Gasteiger partial charge in [0.05, 0.1) is 0 Å². The van der Waals surface area contributed by atoms with Crippen molar-refractivity contribution in [2.75, 3.05) is 6.54 Å². The normalized spacial score (nSPS) is 14.2. The number of pyridine rings is 1. The van der Waals surface area contributed by atoms with Gasteiger partial charge in [-0.15, -0.1) is 0 Å². The number of aromatic nitrogens is 1. The van der Waals surface area contributed by atoms with Crippen LogP contribution in [0.25, 0.3) is 0 Å². The van der Waals surface area contributed by atoms with Crippen molar-refractivity contribution in [3.63, 3.8) is 0 Å². The highest BCUT2D eigenvalue weighted by Gasteiger charge is 2.18. The lowest BCUT2D eigenvalue weighted by Crippen LogP contribution is -2.24. The number of hydrogen-bond donors (Lipinski definition) is 1. The molecule has 1 rings (SSSR count). The molecule has 1 aromatic rings. The predicted octanol–water partition coefficient (Wildman–Crippen LogP) is 4.90. The molecule has 0 aliphatic rings. The summed E-state index contributed by atoms with van der Waals surface area (Å²) >= 11 is 0. The Kier molecular flexibility index (Phi) is 8.52. The zero-order valence-electron chi connectivity index (χ0n) is 13.8. The zero-order chi connectivity index (χ0) is 14.8. The SMILES string of the molecule is CCCCC(CC)CC(NCC)c1ccncc1CC. The lowest BCUT2D eigenvalue weighted by Gasteiger charge is -2.25. The Hall–Kier alpha value is -0.890. The second-order valence-corrected chi connectivity index (χ2v) is 5.69. The van der Waals surface area contributed by atoms with Crippen molar-refractivity contribution < 1.29 is 0 Å². The quantitative estimate of drug-likeness (QED) is 0.657. The van der Waals surface area contributed by atoms with Crippen LogP contribution in [-0.4, -0.2) is 11.5 Å². The van der Waals surface area contributed by atoms with Gasteiger partial charge in [-0.25, -0.2) is 0 Å². The van der Waals surface area contributed by atoms with Crippen LogP contribution in [0, 0.1) is 5.92 Å². The smallest absolute Gasteiger partial charge is 0.0326 e. The van der Waals surface area contributed by atoms with Gasteiger partial charge in [0.1, 0.15) is 0 Å². The summed E-state index contributed by atoms with van der Waals surface area (Å²) in [6, 6.07) is 2.69. The van der Waals surface area contributed by atoms with Crippen molar-refractivity contribution in [1.82, 2.24) is 10.3 Å². The second-order valence-electron chi connectivity index (χ2n) is 5.69. The first kappa shape index (κ1) is 17.2. The van der Waals surface area contributed by atoms with Crippen molar-refractivity contribution >= 4 is 0 Å². The summed E-state index contributed by atoms with van der Waals surface area (Å²) in [5.74, 6) is 0.830. The summed E-state index contributed by atoms with van der Waals surface area (Å²) in [6.07, 6.45) is 11.6. The Balaban J connectivity index is 2.81. The third-order valence-corrected chi connectivity index (χ3v) is 4.26. The van der Waals surface area contributed by atoms with E-state index in [0.717, 1.165) is 18.9 Å². The number of aryl methyl sites for hydroxylation is 1. The van der Waals surface area contributed by atoms with E-state index < -0.39 is 0 Å². The van der Waals surface area contributed by atoms with E-state index in [9.17, 15) is 0 Å². The minimum absolute atomic E-state index is 0.486. The van der Waals surface area contributed by atoms with Gasteiger partial charge >= 0.3 is 0 Å². The van der Waals surface area contributed by atoms with Crippen LogP contribution >= 0.6 is 0 Å². The summed E-state index contributed by atoms with van der Waals surface area (Å²) in [6.45, 7) is 10.1. The van der Waals surface area contributed by atoms with Crippen LogP contribution in [0.1, 0.15) is 77.0 Å². The molecule has 1 heterocycles. The molecule has 0 bridgehead atoms. The molecule has 1 aromatic heterocycles. The minimum atomic E-state index is 0.486. The molecule has 2 atom stereocenters. The molecule has 2 nitrogen and oxygen atoms in total. The first-order valence-electron chi connectivity index (χ1n) is 8.42. The standard InChI is InChI=1S/C18H32N2/c1-5-9-10-15(6-2)13-18(20-8-4)17-11-12-19-14-16(17)7-3/h11-12,14-15,18,20H,5-10,13H2,1-4H3. The van der Waals surface area contributed by atoms with E-state index in [1.165, 1.54) is 43.2 Å². The van der Waals surface area contributed by atoms with Crippen LogP contribution in [0.4, 0.5) is 0 Å². The summed E-state index contributed by atoms with van der Waals surface area (Å²) in [5, 5.41) is 3.69. The number of hydrogen-bond acceptors (Lipinski definition) is 2. The van der Waals surface area contributed by atoms with Crippen LogP contribution < -0.4 is 5.32 Å². The lowest BCUT2D eigenvalue weighted by atomic mass is 9.87. The van der Waals surface area contributed by atoms with Crippen molar-refractivity contribution in [3.05, 3.63) is 29.6 Å². The Morgan fingerprint density at radius 3 is 2.60 bits per heavy atom. The van der Waals surface area contributed by atoms with Gasteiger partial charge in [-0.3, -0.25) is 4.98 Å². The summed E-state index contributed by atoms with van der Waals surface area (Å²) in [7, 11) is 0. The van der Waals surface area contributed by atoms with E-state index >= 15 is 0 Å². The van der Waals surface area contributed by atoms with E-state index in [0.29, 0.717) is 6.04 Å². The molecular weight excluding hydrogens is 244 g/mol. The molecule has 2 heteroatoms. The largest absolute Gasteiger partial charge is 0.310 e. The minimum Gasteiger partial charge on any atom is -0.310 e. The van der Waals surface area contributed by atoms with Crippen LogP contribution in [0.15, 0.2) is 18.5 Å². The molecular formula is C18H32N2. The van der Waals surface area contributed by atoms with Crippen molar-refractivity contribution in [1.29, 1.82) is 0 Å². The molecule has 2 unspecified atom stereocenters. The monoisotopic (exact) mass is 276 g/mol. The summed E-state index contributed by atoms with van der Waals surface area (Å²) < 4.78 is 0. The van der Waals surface area contributed by atoms with Crippen molar-refractivity contribution in [2.24, 2.45) is 5.92 Å². The summed E-state index contributed by atoms with van der Waals surface area (Å²) in [4.78, 5) is 4.28. The molecule has 1 N–H and O–H groups in total. The molecule has 0 radical (unpaired) electrons. The lowest BCUT2D eigenvalue weighted by molar-refractivity contribution is 0.356. The van der Waals surface area contributed by atoms with E-state index in [1.807, 2.05) is 12.4 Å². The average Bonchev–Trinajstić information content (AvgIpc) is 2.50. The number of nitrogens with zero attached hydrogens (tertiary/aromatic N) is 1. The number of rotatable bonds is 10. The molecule has 0 saturated heterocycles. The average molecular weight is 276 g/mol. The van der Waals surface area contributed by atoms with Gasteiger partial charge in [0.25, 0.3) is 0 Å². The Labute approximate surface area is 125 Å². The summed E-state index contributed by atoms with van der Waals surface area (Å²) in [5.41, 5.74) is 2.85. The fraction of sp³-hybridized carbons (Fsp3) is 0.722. The van der Waals surface area contributed by atoms with Gasteiger partial charge in [0, 0.05) is 18.4 Å². The van der Waals surface area contributed by atoms with Crippen molar-refractivity contribution in [3.8, 4) is 0 Å². The van der Waals surface area contributed by atoms with E-state index in [1.54, 1.807) is 0 Å². The maximum atomic E-state index is 4.28. The van der Waals surface area contributed by atoms with Crippen molar-refractivity contribution in [2.45, 2.75) is 72.3 Å². The van der Waals surface area contributed by atoms with Gasteiger partial charge < -0.3 is 5.32 Å². The highest BCUT2D eigenvalue weighted by Crippen LogP contribution is 2.28. The molecule has 0 aliphatic carbocycles. The third kappa shape index (κ3) is 5.24. The predicted molar refractivity (Wildman–Crippen MR) is 88.0 cm³/mol. The second kappa shape index (κ2) is 9.93. The molecule has 114 valence electrons. The molecule has 0 saturated carbocycles. The van der Waals surface area contributed by atoms with E-state index in [-0.39, 0.29) is 0 Å². The Bertz CT molecular complexity index is 362. The molecule has 0 aliphatic heterocycles. The zero-order valence-corrected chi connectivity index (χ0v) is 13.8. The van der Waals surface area contributed by atoms with Gasteiger partial charge in [-0.2, -0.15) is 0 Å². The first-order valence-corrected chi connectivity index (χ1v) is 8.42. The third-order valence-electron chi connectivity index (χ3n) is 4.26. The molecule has 0 aromatic carbocycles. The van der Waals surface area contributed by atoms with Crippen LogP contribution in [-0.2, 0) is 6.42 Å². The molecule has 0 spiro atoms. The number of unbranched alkanes of at least 4 members (excludes halogenated alkanes) is 1. The topological polar surface area (TPSA) is 24.9 Å². The molecule has 20 heavy (non-hydrogen) atoms. The highest BCUT2D eigenvalue weighted by atomic mass is 14.9. The molecule has 0 fully saturated rings. The fourth-order valence-corrected chi connectivity index (χ4v) is 2.95. The molecule has 0 amide bonds.